The van der Waals surface area contributed by atoms with Gasteiger partial charge in [0.25, 0.3) is 0 Å². The lowest BCUT2D eigenvalue weighted by Gasteiger charge is -2.07. The summed E-state index contributed by atoms with van der Waals surface area (Å²) in [5, 5.41) is 18.7. The van der Waals surface area contributed by atoms with E-state index in [4.69, 9.17) is 22.0 Å². The van der Waals surface area contributed by atoms with Crippen molar-refractivity contribution in [2.24, 2.45) is 5.92 Å². The van der Waals surface area contributed by atoms with Crippen LogP contribution >= 0.6 is 23.4 Å². The molecule has 0 amide bonds. The van der Waals surface area contributed by atoms with E-state index in [-0.39, 0.29) is 12.5 Å². The first-order valence-electron chi connectivity index (χ1n) is 4.47. The summed E-state index contributed by atoms with van der Waals surface area (Å²) >= 11 is 7.42. The van der Waals surface area contributed by atoms with E-state index in [2.05, 4.69) is 4.98 Å². The molecule has 3 nitrogen and oxygen atoms in total. The van der Waals surface area contributed by atoms with Gasteiger partial charge in [0.05, 0.1) is 10.6 Å². The molecule has 1 rings (SSSR count). The lowest BCUT2D eigenvalue weighted by Crippen LogP contribution is -2.03. The van der Waals surface area contributed by atoms with Gasteiger partial charge >= 0.3 is 0 Å². The second-order valence-corrected chi connectivity index (χ2v) is 4.57. The number of nitrogens with zero attached hydrogens (tertiary/aromatic N) is 2. The normalized spacial score (nSPS) is 12.1. The zero-order chi connectivity index (χ0) is 11.3. The Hall–Kier alpha value is -0.760. The molecule has 0 saturated heterocycles. The van der Waals surface area contributed by atoms with Gasteiger partial charge in [-0.1, -0.05) is 18.5 Å². The summed E-state index contributed by atoms with van der Waals surface area (Å²) in [4.78, 5) is 4.09. The summed E-state index contributed by atoms with van der Waals surface area (Å²) in [5.41, 5.74) is 0.436. The minimum Gasteiger partial charge on any atom is -0.396 e. The van der Waals surface area contributed by atoms with Gasteiger partial charge in [0.15, 0.2) is 0 Å². The highest BCUT2D eigenvalue weighted by atomic mass is 35.5. The molecule has 1 atom stereocenters. The Bertz CT molecular complexity index is 378. The molecule has 0 fully saturated rings. The van der Waals surface area contributed by atoms with E-state index < -0.39 is 0 Å². The second-order valence-electron chi connectivity index (χ2n) is 3.19. The number of hydrogen-bond acceptors (Lipinski definition) is 4. The molecule has 0 aliphatic carbocycles. The standard InChI is InChI=1S/C10H11ClN2OS/c1-7(5-14)6-15-10-9(11)8(4-12)2-3-13-10/h2-3,7,14H,5-6H2,1H3. The maximum absolute atomic E-state index is 8.86. The lowest BCUT2D eigenvalue weighted by atomic mass is 10.2. The number of hydrogen-bond donors (Lipinski definition) is 1. The van der Waals surface area contributed by atoms with E-state index in [0.717, 1.165) is 5.75 Å². The Morgan fingerprint density at radius 1 is 1.73 bits per heavy atom. The van der Waals surface area contributed by atoms with Crippen LogP contribution in [-0.4, -0.2) is 22.5 Å². The molecule has 0 aliphatic heterocycles. The number of rotatable bonds is 4. The fourth-order valence-electron chi connectivity index (χ4n) is 0.885. The average Bonchev–Trinajstić information content (AvgIpc) is 2.27. The van der Waals surface area contributed by atoms with Crippen LogP contribution in [0.15, 0.2) is 17.3 Å². The molecule has 0 spiro atoms. The Labute approximate surface area is 98.1 Å². The minimum absolute atomic E-state index is 0.141. The minimum atomic E-state index is 0.141. The van der Waals surface area contributed by atoms with Crippen LogP contribution < -0.4 is 0 Å². The quantitative estimate of drug-likeness (QED) is 0.824. The van der Waals surface area contributed by atoms with Crippen molar-refractivity contribution >= 4 is 23.4 Å². The molecular formula is C10H11ClN2OS. The number of pyridine rings is 1. The van der Waals surface area contributed by atoms with Gasteiger partial charge in [-0.3, -0.25) is 0 Å². The van der Waals surface area contributed by atoms with Crippen molar-refractivity contribution in [1.82, 2.24) is 4.98 Å². The van der Waals surface area contributed by atoms with Crippen LogP contribution in [0.3, 0.4) is 0 Å². The molecule has 0 radical (unpaired) electrons. The van der Waals surface area contributed by atoms with E-state index in [1.165, 1.54) is 11.8 Å². The van der Waals surface area contributed by atoms with E-state index in [9.17, 15) is 0 Å². The number of nitriles is 1. The van der Waals surface area contributed by atoms with Crippen molar-refractivity contribution in [3.8, 4) is 6.07 Å². The van der Waals surface area contributed by atoms with Gasteiger partial charge in [0.1, 0.15) is 11.1 Å². The largest absolute Gasteiger partial charge is 0.396 e. The van der Waals surface area contributed by atoms with Crippen LogP contribution in [0, 0.1) is 17.2 Å². The first kappa shape index (κ1) is 12.3. The van der Waals surface area contributed by atoms with Crippen LogP contribution in [0.1, 0.15) is 12.5 Å². The second kappa shape index (κ2) is 5.96. The molecule has 1 N–H and O–H groups in total. The van der Waals surface area contributed by atoms with Gasteiger partial charge in [-0.05, 0) is 12.0 Å². The van der Waals surface area contributed by atoms with Crippen LogP contribution in [0.5, 0.6) is 0 Å². The fraction of sp³-hybridized carbons (Fsp3) is 0.400. The summed E-state index contributed by atoms with van der Waals surface area (Å²) in [7, 11) is 0. The molecule has 5 heteroatoms. The highest BCUT2D eigenvalue weighted by Gasteiger charge is 2.09. The van der Waals surface area contributed by atoms with Gasteiger partial charge in [-0.2, -0.15) is 5.26 Å². The third-order valence-corrected chi connectivity index (χ3v) is 3.61. The van der Waals surface area contributed by atoms with E-state index in [0.29, 0.717) is 15.6 Å². The summed E-state index contributed by atoms with van der Waals surface area (Å²) in [6.07, 6.45) is 1.57. The summed E-state index contributed by atoms with van der Waals surface area (Å²) in [6.45, 7) is 2.08. The van der Waals surface area contributed by atoms with Crippen molar-refractivity contribution in [2.75, 3.05) is 12.4 Å². The number of thioether (sulfide) groups is 1. The van der Waals surface area contributed by atoms with E-state index in [1.807, 2.05) is 13.0 Å². The molecule has 15 heavy (non-hydrogen) atoms. The van der Waals surface area contributed by atoms with Crippen molar-refractivity contribution in [3.05, 3.63) is 22.8 Å². The van der Waals surface area contributed by atoms with Crippen molar-refractivity contribution in [2.45, 2.75) is 11.9 Å². The zero-order valence-corrected chi connectivity index (χ0v) is 9.85. The van der Waals surface area contributed by atoms with Gasteiger partial charge < -0.3 is 5.11 Å². The summed E-state index contributed by atoms with van der Waals surface area (Å²) in [5.74, 6) is 0.927. The van der Waals surface area contributed by atoms with Crippen LogP contribution in [-0.2, 0) is 0 Å². The monoisotopic (exact) mass is 242 g/mol. The molecule has 0 aliphatic rings. The lowest BCUT2D eigenvalue weighted by molar-refractivity contribution is 0.250. The Balaban J connectivity index is 2.74. The molecule has 1 unspecified atom stereocenters. The summed E-state index contributed by atoms with van der Waals surface area (Å²) in [6, 6.07) is 3.59. The van der Waals surface area contributed by atoms with E-state index in [1.54, 1.807) is 12.3 Å². The summed E-state index contributed by atoms with van der Waals surface area (Å²) < 4.78 is 0. The maximum atomic E-state index is 8.86. The molecule has 0 aromatic carbocycles. The topological polar surface area (TPSA) is 56.9 Å². The van der Waals surface area contributed by atoms with Crippen LogP contribution in [0.25, 0.3) is 0 Å². The van der Waals surface area contributed by atoms with Crippen molar-refractivity contribution in [3.63, 3.8) is 0 Å². The molecule has 0 bridgehead atoms. The number of halogens is 1. The smallest absolute Gasteiger partial charge is 0.116 e. The highest BCUT2D eigenvalue weighted by Crippen LogP contribution is 2.28. The number of aliphatic hydroxyl groups is 1. The molecule has 1 aromatic heterocycles. The van der Waals surface area contributed by atoms with Crippen molar-refractivity contribution < 1.29 is 5.11 Å². The molecule has 0 saturated carbocycles. The van der Waals surface area contributed by atoms with Gasteiger partial charge in [-0.25, -0.2) is 4.98 Å². The zero-order valence-electron chi connectivity index (χ0n) is 8.27. The SMILES string of the molecule is CC(CO)CSc1nccc(C#N)c1Cl. The molecule has 1 aromatic rings. The van der Waals surface area contributed by atoms with Gasteiger partial charge in [0.2, 0.25) is 0 Å². The van der Waals surface area contributed by atoms with Gasteiger partial charge in [-0.15, -0.1) is 11.8 Å². The fourth-order valence-corrected chi connectivity index (χ4v) is 2.12. The maximum Gasteiger partial charge on any atom is 0.116 e. The predicted octanol–water partition coefficient (Wildman–Crippen LogP) is 2.33. The molecule has 1 heterocycles. The Kier molecular flexibility index (Phi) is 4.89. The number of aliphatic hydroxyl groups excluding tert-OH is 1. The average molecular weight is 243 g/mol. The predicted molar refractivity (Wildman–Crippen MR) is 60.9 cm³/mol. The number of aromatic nitrogens is 1. The third-order valence-electron chi connectivity index (χ3n) is 1.79. The first-order valence-corrected chi connectivity index (χ1v) is 5.83. The molecular weight excluding hydrogens is 232 g/mol. The molecule has 80 valence electrons. The Morgan fingerprint density at radius 3 is 3.07 bits per heavy atom. The highest BCUT2D eigenvalue weighted by molar-refractivity contribution is 7.99. The van der Waals surface area contributed by atoms with E-state index >= 15 is 0 Å². The van der Waals surface area contributed by atoms with Gasteiger partial charge in [0, 0.05) is 18.6 Å². The van der Waals surface area contributed by atoms with Crippen LogP contribution in [0.2, 0.25) is 5.02 Å². The van der Waals surface area contributed by atoms with Crippen molar-refractivity contribution in [1.29, 1.82) is 5.26 Å². The Morgan fingerprint density at radius 2 is 2.47 bits per heavy atom. The van der Waals surface area contributed by atoms with Crippen LogP contribution in [0.4, 0.5) is 0 Å². The third kappa shape index (κ3) is 3.38. The first-order chi connectivity index (χ1) is 7.19.